The van der Waals surface area contributed by atoms with Crippen molar-refractivity contribution in [3.8, 4) is 5.75 Å². The molecule has 0 radical (unpaired) electrons. The van der Waals surface area contributed by atoms with Crippen LogP contribution in [0.4, 0.5) is 5.69 Å². The molecule has 1 aromatic rings. The fourth-order valence-electron chi connectivity index (χ4n) is 2.10. The Morgan fingerprint density at radius 2 is 2.31 bits per heavy atom. The van der Waals surface area contributed by atoms with Crippen LogP contribution in [-0.4, -0.2) is 13.2 Å². The number of nitrogens with two attached hydrogens (primary N) is 1. The first-order valence-corrected chi connectivity index (χ1v) is 5.90. The second-order valence-electron chi connectivity index (χ2n) is 4.46. The summed E-state index contributed by atoms with van der Waals surface area (Å²) in [6, 6.07) is 6.53. The molecule has 3 N–H and O–H groups in total. The van der Waals surface area contributed by atoms with Crippen LogP contribution < -0.4 is 15.8 Å². The van der Waals surface area contributed by atoms with Crippen LogP contribution in [0.25, 0.3) is 0 Å². The number of hydrogen-bond donors (Lipinski definition) is 2. The molecule has 2 atom stereocenters. The molecule has 2 unspecified atom stereocenters. The van der Waals surface area contributed by atoms with Crippen molar-refractivity contribution in [3.63, 3.8) is 0 Å². The predicted octanol–water partition coefficient (Wildman–Crippen LogP) is 2.17. The summed E-state index contributed by atoms with van der Waals surface area (Å²) in [5.41, 5.74) is 7.64. The summed E-state index contributed by atoms with van der Waals surface area (Å²) in [6.07, 6.45) is 2.59. The number of nitrogen functional groups attached to an aromatic ring is 1. The third kappa shape index (κ3) is 2.47. The van der Waals surface area contributed by atoms with Crippen molar-refractivity contribution >= 4 is 5.69 Å². The van der Waals surface area contributed by atoms with Crippen LogP contribution in [0, 0.1) is 5.92 Å². The SMILES string of the molecule is CCC1CC1NCc1ccc(N)cc1OC. The van der Waals surface area contributed by atoms with Gasteiger partial charge in [0.25, 0.3) is 0 Å². The predicted molar refractivity (Wildman–Crippen MR) is 66.4 cm³/mol. The van der Waals surface area contributed by atoms with Crippen LogP contribution in [0.1, 0.15) is 25.3 Å². The molecule has 1 aliphatic rings. The van der Waals surface area contributed by atoms with Gasteiger partial charge in [-0.3, -0.25) is 0 Å². The summed E-state index contributed by atoms with van der Waals surface area (Å²) in [5, 5.41) is 3.55. The van der Waals surface area contributed by atoms with E-state index < -0.39 is 0 Å². The zero-order chi connectivity index (χ0) is 11.5. The second-order valence-corrected chi connectivity index (χ2v) is 4.46. The molecule has 0 bridgehead atoms. The summed E-state index contributed by atoms with van der Waals surface area (Å²) in [7, 11) is 1.68. The van der Waals surface area contributed by atoms with Crippen LogP contribution >= 0.6 is 0 Å². The molecule has 0 amide bonds. The Morgan fingerprint density at radius 3 is 2.94 bits per heavy atom. The molecule has 0 aliphatic heterocycles. The molecule has 0 heterocycles. The summed E-state index contributed by atoms with van der Waals surface area (Å²) in [6.45, 7) is 3.11. The van der Waals surface area contributed by atoms with Crippen LogP contribution in [0.15, 0.2) is 18.2 Å². The molecule has 1 aliphatic carbocycles. The Hall–Kier alpha value is -1.22. The molecule has 0 saturated heterocycles. The lowest BCUT2D eigenvalue weighted by Crippen LogP contribution is -2.18. The molecule has 1 saturated carbocycles. The van der Waals surface area contributed by atoms with Crippen molar-refractivity contribution in [3.05, 3.63) is 23.8 Å². The average Bonchev–Trinajstić information content (AvgIpc) is 3.06. The Bertz CT molecular complexity index is 365. The standard InChI is InChI=1S/C13H20N2O/c1-3-9-6-12(9)15-8-10-4-5-11(14)7-13(10)16-2/h4-5,7,9,12,15H,3,6,8,14H2,1-2H3. The van der Waals surface area contributed by atoms with E-state index in [9.17, 15) is 0 Å². The van der Waals surface area contributed by atoms with Crippen LogP contribution in [0.2, 0.25) is 0 Å². The molecule has 3 heteroatoms. The minimum atomic E-state index is 0.701. The van der Waals surface area contributed by atoms with Crippen molar-refractivity contribution in [2.24, 2.45) is 5.92 Å². The van der Waals surface area contributed by atoms with Crippen LogP contribution in [0.5, 0.6) is 5.75 Å². The van der Waals surface area contributed by atoms with E-state index in [1.54, 1.807) is 7.11 Å². The highest BCUT2D eigenvalue weighted by molar-refractivity contribution is 5.48. The zero-order valence-corrected chi connectivity index (χ0v) is 9.99. The van der Waals surface area contributed by atoms with Crippen molar-refractivity contribution < 1.29 is 4.74 Å². The van der Waals surface area contributed by atoms with Crippen LogP contribution in [0.3, 0.4) is 0 Å². The Labute approximate surface area is 97.0 Å². The zero-order valence-electron chi connectivity index (χ0n) is 9.99. The molecule has 1 aromatic carbocycles. The Morgan fingerprint density at radius 1 is 1.50 bits per heavy atom. The van der Waals surface area contributed by atoms with Gasteiger partial charge in [-0.1, -0.05) is 19.4 Å². The van der Waals surface area contributed by atoms with Gasteiger partial charge in [0, 0.05) is 29.9 Å². The fourth-order valence-corrected chi connectivity index (χ4v) is 2.10. The van der Waals surface area contributed by atoms with Crippen LogP contribution in [-0.2, 0) is 6.54 Å². The lowest BCUT2D eigenvalue weighted by Gasteiger charge is -2.10. The van der Waals surface area contributed by atoms with Gasteiger partial charge in [0.05, 0.1) is 7.11 Å². The van der Waals surface area contributed by atoms with Gasteiger partial charge in [-0.2, -0.15) is 0 Å². The second kappa shape index (κ2) is 4.74. The van der Waals surface area contributed by atoms with Crippen molar-refractivity contribution in [1.29, 1.82) is 0 Å². The summed E-state index contributed by atoms with van der Waals surface area (Å²) >= 11 is 0. The number of rotatable bonds is 5. The van der Waals surface area contributed by atoms with E-state index in [4.69, 9.17) is 10.5 Å². The topological polar surface area (TPSA) is 47.3 Å². The van der Waals surface area contributed by atoms with Crippen molar-refractivity contribution in [1.82, 2.24) is 5.32 Å². The first-order valence-electron chi connectivity index (χ1n) is 5.90. The smallest absolute Gasteiger partial charge is 0.125 e. The maximum absolute atomic E-state index is 5.71. The van der Waals surface area contributed by atoms with Gasteiger partial charge in [0.1, 0.15) is 5.75 Å². The highest BCUT2D eigenvalue weighted by Crippen LogP contribution is 2.33. The third-order valence-electron chi connectivity index (χ3n) is 3.31. The van der Waals surface area contributed by atoms with Gasteiger partial charge >= 0.3 is 0 Å². The number of methoxy groups -OCH3 is 1. The first-order chi connectivity index (χ1) is 7.74. The minimum absolute atomic E-state index is 0.701. The Kier molecular flexibility index (Phi) is 3.34. The first kappa shape index (κ1) is 11.3. The number of nitrogens with one attached hydrogen (secondary N) is 1. The fraction of sp³-hybridized carbons (Fsp3) is 0.538. The maximum Gasteiger partial charge on any atom is 0.125 e. The molecule has 88 valence electrons. The van der Waals surface area contributed by atoms with Gasteiger partial charge in [-0.15, -0.1) is 0 Å². The quantitative estimate of drug-likeness (QED) is 0.748. The Balaban J connectivity index is 1.93. The van der Waals surface area contributed by atoms with E-state index >= 15 is 0 Å². The summed E-state index contributed by atoms with van der Waals surface area (Å²) in [5.74, 6) is 1.75. The number of benzene rings is 1. The maximum atomic E-state index is 5.71. The monoisotopic (exact) mass is 220 g/mol. The molecule has 0 aromatic heterocycles. The van der Waals surface area contributed by atoms with Gasteiger partial charge in [0.2, 0.25) is 0 Å². The van der Waals surface area contributed by atoms with Crippen molar-refractivity contribution in [2.75, 3.05) is 12.8 Å². The number of ether oxygens (including phenoxy) is 1. The number of hydrogen-bond acceptors (Lipinski definition) is 3. The van der Waals surface area contributed by atoms with E-state index in [0.717, 1.165) is 23.9 Å². The minimum Gasteiger partial charge on any atom is -0.496 e. The molecule has 1 fully saturated rings. The average molecular weight is 220 g/mol. The third-order valence-corrected chi connectivity index (χ3v) is 3.31. The molecule has 3 nitrogen and oxygen atoms in total. The normalized spacial score (nSPS) is 23.1. The molecule has 2 rings (SSSR count). The lowest BCUT2D eigenvalue weighted by molar-refractivity contribution is 0.407. The van der Waals surface area contributed by atoms with Gasteiger partial charge < -0.3 is 15.8 Å². The summed E-state index contributed by atoms with van der Waals surface area (Å²) in [4.78, 5) is 0. The van der Waals surface area contributed by atoms with E-state index in [-0.39, 0.29) is 0 Å². The van der Waals surface area contributed by atoms with E-state index in [2.05, 4.69) is 12.2 Å². The van der Waals surface area contributed by atoms with Gasteiger partial charge in [-0.05, 0) is 18.4 Å². The lowest BCUT2D eigenvalue weighted by atomic mass is 10.2. The van der Waals surface area contributed by atoms with Gasteiger partial charge in [-0.25, -0.2) is 0 Å². The van der Waals surface area contributed by atoms with E-state index in [0.29, 0.717) is 6.04 Å². The molecule has 16 heavy (non-hydrogen) atoms. The van der Waals surface area contributed by atoms with E-state index in [1.807, 2.05) is 18.2 Å². The van der Waals surface area contributed by atoms with Crippen molar-refractivity contribution in [2.45, 2.75) is 32.4 Å². The summed E-state index contributed by atoms with van der Waals surface area (Å²) < 4.78 is 5.31. The molecule has 0 spiro atoms. The van der Waals surface area contributed by atoms with Gasteiger partial charge in [0.15, 0.2) is 0 Å². The highest BCUT2D eigenvalue weighted by Gasteiger charge is 2.34. The number of anilines is 1. The highest BCUT2D eigenvalue weighted by atomic mass is 16.5. The molecular formula is C13H20N2O. The largest absolute Gasteiger partial charge is 0.496 e. The molecular weight excluding hydrogens is 200 g/mol. The van der Waals surface area contributed by atoms with E-state index in [1.165, 1.54) is 18.4 Å².